The monoisotopic (exact) mass is 452 g/mol. The molecule has 1 heterocycles. The fraction of sp³-hybridized carbons (Fsp3) is 0.263. The predicted octanol–water partition coefficient (Wildman–Crippen LogP) is 3.56. The summed E-state index contributed by atoms with van der Waals surface area (Å²) in [5.74, 6) is -0.876. The summed E-state index contributed by atoms with van der Waals surface area (Å²) in [5.41, 5.74) is 2.99. The zero-order chi connectivity index (χ0) is 17.8. The number of hydrogen-bond donors (Lipinski definition) is 0. The van der Waals surface area contributed by atoms with E-state index in [0.717, 1.165) is 16.7 Å². The number of methoxy groups -OCH3 is 1. The minimum Gasteiger partial charge on any atom is -0.462 e. The lowest BCUT2D eigenvalue weighted by atomic mass is 9.93. The van der Waals surface area contributed by atoms with Crippen molar-refractivity contribution in [2.24, 2.45) is 0 Å². The normalized spacial score (nSPS) is 16.9. The average Bonchev–Trinajstić information content (AvgIpc) is 2.77. The molecule has 2 aromatic rings. The molecule has 0 aromatic heterocycles. The van der Waals surface area contributed by atoms with Crippen molar-refractivity contribution in [2.45, 2.75) is 10.0 Å². The summed E-state index contributed by atoms with van der Waals surface area (Å²) in [7, 11) is 1.54. The third-order valence-electron chi connectivity index (χ3n) is 3.96. The molecule has 3 rings (SSSR count). The molecule has 0 saturated carbocycles. The number of fused-ring (bicyclic) bond motifs is 3. The Morgan fingerprint density at radius 1 is 1.08 bits per heavy atom. The summed E-state index contributed by atoms with van der Waals surface area (Å²) < 4.78 is 15.1. The second kappa shape index (κ2) is 7.97. The Bertz CT molecular complexity index is 789. The Balaban J connectivity index is 1.97. The fourth-order valence-electron chi connectivity index (χ4n) is 2.77. The zero-order valence-electron chi connectivity index (χ0n) is 13.6. The number of carbonyl (C=O) groups is 2. The van der Waals surface area contributed by atoms with Crippen LogP contribution in [-0.2, 0) is 19.0 Å². The predicted molar refractivity (Wildman–Crippen MR) is 101 cm³/mol. The summed E-state index contributed by atoms with van der Waals surface area (Å²) in [6, 6.07) is 14.9. The number of halogens is 1. The molecule has 0 saturated heterocycles. The first-order valence-electron chi connectivity index (χ1n) is 7.82. The third-order valence-corrected chi connectivity index (χ3v) is 5.12. The van der Waals surface area contributed by atoms with E-state index in [0.29, 0.717) is 12.2 Å². The second-order valence-electron chi connectivity index (χ2n) is 5.52. The number of ether oxygens (including phenoxy) is 3. The number of rotatable bonds is 5. The molecule has 1 aliphatic rings. The minimum absolute atomic E-state index is 0.164. The van der Waals surface area contributed by atoms with Gasteiger partial charge < -0.3 is 14.2 Å². The summed E-state index contributed by atoms with van der Waals surface area (Å²) in [6.07, 6.45) is -0.716. The van der Waals surface area contributed by atoms with Gasteiger partial charge in [-0.2, -0.15) is 0 Å². The molecule has 6 heteroatoms. The number of alkyl halides is 1. The second-order valence-corrected chi connectivity index (χ2v) is 6.86. The van der Waals surface area contributed by atoms with Crippen molar-refractivity contribution in [1.82, 2.24) is 0 Å². The lowest BCUT2D eigenvalue weighted by molar-refractivity contribution is -0.145. The Morgan fingerprint density at radius 2 is 1.72 bits per heavy atom. The first kappa shape index (κ1) is 17.9. The van der Waals surface area contributed by atoms with Crippen molar-refractivity contribution in [3.63, 3.8) is 0 Å². The van der Waals surface area contributed by atoms with Gasteiger partial charge in [-0.15, -0.1) is 0 Å². The molecule has 130 valence electrons. The van der Waals surface area contributed by atoms with Gasteiger partial charge in [-0.25, -0.2) is 4.79 Å². The van der Waals surface area contributed by atoms with Crippen LogP contribution in [0.5, 0.6) is 0 Å². The first-order valence-corrected chi connectivity index (χ1v) is 9.07. The average molecular weight is 452 g/mol. The van der Waals surface area contributed by atoms with Crippen molar-refractivity contribution < 1.29 is 23.8 Å². The quantitative estimate of drug-likeness (QED) is 0.301. The van der Waals surface area contributed by atoms with Crippen LogP contribution in [0, 0.1) is 0 Å². The molecule has 25 heavy (non-hydrogen) atoms. The molecule has 2 aromatic carbocycles. The Hall–Kier alpha value is -1.93. The lowest BCUT2D eigenvalue weighted by Gasteiger charge is -2.22. The number of carbonyl (C=O) groups excluding carboxylic acids is 2. The number of cyclic esters (lactones) is 1. The van der Waals surface area contributed by atoms with E-state index in [2.05, 4.69) is 0 Å². The van der Waals surface area contributed by atoms with Gasteiger partial charge in [0, 0.05) is 12.7 Å². The minimum atomic E-state index is -0.716. The van der Waals surface area contributed by atoms with E-state index < -0.39 is 22.0 Å². The molecule has 0 fully saturated rings. The van der Waals surface area contributed by atoms with Gasteiger partial charge in [0.1, 0.15) is 10.5 Å². The summed E-state index contributed by atoms with van der Waals surface area (Å²) in [5, 5.41) is 0. The van der Waals surface area contributed by atoms with Crippen LogP contribution in [-0.4, -0.2) is 36.2 Å². The Kier molecular flexibility index (Phi) is 5.70. The molecule has 0 bridgehead atoms. The molecule has 5 nitrogen and oxygen atoms in total. The number of esters is 2. The van der Waals surface area contributed by atoms with Gasteiger partial charge in [0.05, 0.1) is 12.2 Å². The van der Waals surface area contributed by atoms with Crippen molar-refractivity contribution in [3.8, 4) is 11.1 Å². The highest BCUT2D eigenvalue weighted by atomic mass is 127. The SMILES string of the molecule is COCCOC(=O)[C@@H](I)[C@H]1OC(=O)c2ccccc2-c2ccccc21. The first-order chi connectivity index (χ1) is 12.1. The molecular weight excluding hydrogens is 435 g/mol. The Labute approximate surface area is 159 Å². The molecule has 0 spiro atoms. The van der Waals surface area contributed by atoms with Gasteiger partial charge in [-0.1, -0.05) is 65.1 Å². The highest BCUT2D eigenvalue weighted by Gasteiger charge is 2.36. The molecule has 0 radical (unpaired) electrons. The van der Waals surface area contributed by atoms with Gasteiger partial charge in [0.25, 0.3) is 0 Å². The van der Waals surface area contributed by atoms with Crippen LogP contribution in [0.4, 0.5) is 0 Å². The standard InChI is InChI=1S/C19H17IO5/c1-23-10-11-24-19(22)16(20)17-14-8-4-2-6-12(14)13-7-3-5-9-15(13)18(21)25-17/h2-9,16-17H,10-11H2,1H3/t16-,17-/m0/s1. The Morgan fingerprint density at radius 3 is 2.44 bits per heavy atom. The summed E-state index contributed by atoms with van der Waals surface area (Å²) >= 11 is 1.97. The highest BCUT2D eigenvalue weighted by Crippen LogP contribution is 2.40. The van der Waals surface area contributed by atoms with E-state index >= 15 is 0 Å². The van der Waals surface area contributed by atoms with Crippen LogP contribution in [0.2, 0.25) is 0 Å². The van der Waals surface area contributed by atoms with Crippen LogP contribution in [0.3, 0.4) is 0 Å². The smallest absolute Gasteiger partial charge is 0.339 e. The van der Waals surface area contributed by atoms with Gasteiger partial charge in [-0.05, 0) is 17.2 Å². The third kappa shape index (κ3) is 3.69. The zero-order valence-corrected chi connectivity index (χ0v) is 15.8. The number of hydrogen-bond acceptors (Lipinski definition) is 5. The largest absolute Gasteiger partial charge is 0.462 e. The van der Waals surface area contributed by atoms with E-state index in [1.807, 2.05) is 59.0 Å². The molecular formula is C19H17IO5. The van der Waals surface area contributed by atoms with E-state index in [1.165, 1.54) is 7.11 Å². The maximum absolute atomic E-state index is 12.6. The van der Waals surface area contributed by atoms with Crippen molar-refractivity contribution in [3.05, 3.63) is 59.7 Å². The van der Waals surface area contributed by atoms with Crippen molar-refractivity contribution >= 4 is 34.5 Å². The maximum Gasteiger partial charge on any atom is 0.339 e. The molecule has 0 unspecified atom stereocenters. The van der Waals surface area contributed by atoms with Crippen LogP contribution >= 0.6 is 22.6 Å². The van der Waals surface area contributed by atoms with E-state index in [-0.39, 0.29) is 6.61 Å². The molecule has 2 atom stereocenters. The van der Waals surface area contributed by atoms with Gasteiger partial charge in [-0.3, -0.25) is 4.79 Å². The van der Waals surface area contributed by atoms with Crippen LogP contribution in [0.15, 0.2) is 48.5 Å². The molecule has 1 aliphatic heterocycles. The molecule has 0 aliphatic carbocycles. The van der Waals surface area contributed by atoms with E-state index in [1.54, 1.807) is 12.1 Å². The van der Waals surface area contributed by atoms with Crippen LogP contribution in [0.1, 0.15) is 22.0 Å². The molecule has 0 N–H and O–H groups in total. The lowest BCUT2D eigenvalue weighted by Crippen LogP contribution is -2.28. The maximum atomic E-state index is 12.6. The van der Waals surface area contributed by atoms with Crippen molar-refractivity contribution in [2.75, 3.05) is 20.3 Å². The fourth-order valence-corrected chi connectivity index (χ4v) is 3.49. The summed E-state index contributed by atoms with van der Waals surface area (Å²) in [6.45, 7) is 0.485. The van der Waals surface area contributed by atoms with Gasteiger partial charge in [0.2, 0.25) is 0 Å². The topological polar surface area (TPSA) is 61.8 Å². The molecule has 0 amide bonds. The van der Waals surface area contributed by atoms with Gasteiger partial charge in [0.15, 0.2) is 6.10 Å². The van der Waals surface area contributed by atoms with Crippen LogP contribution in [0.25, 0.3) is 11.1 Å². The van der Waals surface area contributed by atoms with E-state index in [9.17, 15) is 9.59 Å². The van der Waals surface area contributed by atoms with E-state index in [4.69, 9.17) is 14.2 Å². The van der Waals surface area contributed by atoms with Gasteiger partial charge >= 0.3 is 11.9 Å². The van der Waals surface area contributed by atoms with Crippen LogP contribution < -0.4 is 0 Å². The number of benzene rings is 2. The van der Waals surface area contributed by atoms with Crippen molar-refractivity contribution in [1.29, 1.82) is 0 Å². The summed E-state index contributed by atoms with van der Waals surface area (Å²) in [4.78, 5) is 24.9. The highest BCUT2D eigenvalue weighted by molar-refractivity contribution is 14.1.